The lowest BCUT2D eigenvalue weighted by atomic mass is 10.1. The summed E-state index contributed by atoms with van der Waals surface area (Å²) in [5.74, 6) is 0.155. The fourth-order valence-corrected chi connectivity index (χ4v) is 3.75. The fourth-order valence-electron chi connectivity index (χ4n) is 2.34. The molecule has 7 heteroatoms. The molecule has 5 nitrogen and oxygen atoms in total. The summed E-state index contributed by atoms with van der Waals surface area (Å²) >= 11 is 6.14. The number of anilines is 1. The number of nitrogens with one attached hydrogen (secondary N) is 1. The van der Waals surface area contributed by atoms with Gasteiger partial charge in [0.2, 0.25) is 0 Å². The van der Waals surface area contributed by atoms with Crippen LogP contribution in [0.3, 0.4) is 0 Å². The van der Waals surface area contributed by atoms with Gasteiger partial charge in [-0.15, -0.1) is 0 Å². The maximum absolute atomic E-state index is 12.7. The zero-order chi connectivity index (χ0) is 19.3. The molecule has 0 aliphatic heterocycles. The van der Waals surface area contributed by atoms with Crippen LogP contribution in [0.15, 0.2) is 53.4 Å². The van der Waals surface area contributed by atoms with Crippen LogP contribution in [0, 0.1) is 5.92 Å². The lowest BCUT2D eigenvalue weighted by molar-refractivity contribution is 0.0952. The highest BCUT2D eigenvalue weighted by Crippen LogP contribution is 2.26. The molecule has 0 aromatic heterocycles. The van der Waals surface area contributed by atoms with E-state index in [2.05, 4.69) is 19.2 Å². The van der Waals surface area contributed by atoms with Crippen LogP contribution in [0.4, 0.5) is 5.69 Å². The highest BCUT2D eigenvalue weighted by Gasteiger charge is 2.22. The highest BCUT2D eigenvalue weighted by molar-refractivity contribution is 7.92. The molecule has 0 spiro atoms. The van der Waals surface area contributed by atoms with E-state index in [9.17, 15) is 13.2 Å². The smallest absolute Gasteiger partial charge is 0.264 e. The molecule has 0 radical (unpaired) electrons. The second-order valence-corrected chi connectivity index (χ2v) is 8.76. The highest BCUT2D eigenvalue weighted by atomic mass is 35.5. The van der Waals surface area contributed by atoms with E-state index in [0.29, 0.717) is 18.2 Å². The lowest BCUT2D eigenvalue weighted by Gasteiger charge is -2.20. The van der Waals surface area contributed by atoms with Gasteiger partial charge in [0, 0.05) is 13.6 Å². The summed E-state index contributed by atoms with van der Waals surface area (Å²) in [5, 5.41) is 3.10. The summed E-state index contributed by atoms with van der Waals surface area (Å²) in [5.41, 5.74) is 0.621. The molecule has 0 saturated carbocycles. The van der Waals surface area contributed by atoms with Crippen molar-refractivity contribution in [3.05, 3.63) is 59.1 Å². The van der Waals surface area contributed by atoms with E-state index >= 15 is 0 Å². The molecule has 1 N–H and O–H groups in total. The van der Waals surface area contributed by atoms with Gasteiger partial charge in [0.05, 0.1) is 21.2 Å². The third-order valence-electron chi connectivity index (χ3n) is 3.97. The molecule has 0 aliphatic carbocycles. The molecule has 0 fully saturated rings. The first kappa shape index (κ1) is 20.3. The predicted octanol–water partition coefficient (Wildman–Crippen LogP) is 3.94. The topological polar surface area (TPSA) is 66.5 Å². The van der Waals surface area contributed by atoms with E-state index in [0.717, 1.165) is 10.7 Å². The van der Waals surface area contributed by atoms with E-state index in [1.54, 1.807) is 24.3 Å². The number of carbonyl (C=O) groups excluding carboxylic acids is 1. The largest absolute Gasteiger partial charge is 0.352 e. The van der Waals surface area contributed by atoms with E-state index in [1.807, 2.05) is 0 Å². The molecule has 0 saturated heterocycles. The average molecular weight is 395 g/mol. The van der Waals surface area contributed by atoms with Crippen molar-refractivity contribution >= 4 is 33.2 Å². The van der Waals surface area contributed by atoms with Gasteiger partial charge in [0.15, 0.2) is 0 Å². The normalized spacial score (nSPS) is 11.4. The molecular formula is C19H23ClN2O3S. The Morgan fingerprint density at radius 1 is 1.15 bits per heavy atom. The number of carbonyl (C=O) groups is 1. The Morgan fingerprint density at radius 2 is 1.81 bits per heavy atom. The molecule has 140 valence electrons. The molecule has 0 bridgehead atoms. The molecule has 2 aromatic rings. The average Bonchev–Trinajstić information content (AvgIpc) is 2.61. The van der Waals surface area contributed by atoms with Gasteiger partial charge in [-0.05, 0) is 42.7 Å². The second-order valence-electron chi connectivity index (χ2n) is 6.39. The van der Waals surface area contributed by atoms with Gasteiger partial charge in [-0.2, -0.15) is 0 Å². The Hall–Kier alpha value is -2.05. The van der Waals surface area contributed by atoms with Crippen LogP contribution in [0.5, 0.6) is 0 Å². The number of hydrogen-bond acceptors (Lipinski definition) is 3. The minimum absolute atomic E-state index is 0.181. The van der Waals surface area contributed by atoms with Gasteiger partial charge >= 0.3 is 0 Å². The van der Waals surface area contributed by atoms with Crippen molar-refractivity contribution in [3.8, 4) is 0 Å². The molecule has 2 aromatic carbocycles. The van der Waals surface area contributed by atoms with Crippen LogP contribution < -0.4 is 9.62 Å². The maximum Gasteiger partial charge on any atom is 0.264 e. The van der Waals surface area contributed by atoms with Crippen LogP contribution in [-0.2, 0) is 10.0 Å². The van der Waals surface area contributed by atoms with E-state index in [4.69, 9.17) is 11.6 Å². The SMILES string of the molecule is CC(C)CCNC(=O)c1cc(N(C)S(=O)(=O)c2ccccc2)ccc1Cl. The van der Waals surface area contributed by atoms with E-state index in [-0.39, 0.29) is 21.4 Å². The molecule has 0 atom stereocenters. The van der Waals surface area contributed by atoms with E-state index in [1.165, 1.54) is 31.3 Å². The van der Waals surface area contributed by atoms with Crippen LogP contribution in [0.25, 0.3) is 0 Å². The summed E-state index contributed by atoms with van der Waals surface area (Å²) in [6, 6.07) is 12.7. The van der Waals surface area contributed by atoms with Crippen molar-refractivity contribution in [3.63, 3.8) is 0 Å². The number of nitrogens with zero attached hydrogens (tertiary/aromatic N) is 1. The molecule has 0 aliphatic rings. The summed E-state index contributed by atoms with van der Waals surface area (Å²) in [6.45, 7) is 4.68. The minimum Gasteiger partial charge on any atom is -0.352 e. The van der Waals surface area contributed by atoms with Crippen molar-refractivity contribution in [1.29, 1.82) is 0 Å². The number of hydrogen-bond donors (Lipinski definition) is 1. The van der Waals surface area contributed by atoms with Gasteiger partial charge in [-0.25, -0.2) is 8.42 Å². The molecule has 26 heavy (non-hydrogen) atoms. The number of halogens is 1. The van der Waals surface area contributed by atoms with Crippen LogP contribution in [0.2, 0.25) is 5.02 Å². The first-order chi connectivity index (χ1) is 12.2. The molecule has 2 rings (SSSR count). The van der Waals surface area contributed by atoms with Crippen molar-refractivity contribution in [2.45, 2.75) is 25.2 Å². The standard InChI is InChI=1S/C19H23ClN2O3S/c1-14(2)11-12-21-19(23)17-13-15(9-10-18(17)20)22(3)26(24,25)16-7-5-4-6-8-16/h4-10,13-14H,11-12H2,1-3H3,(H,21,23). The van der Waals surface area contributed by atoms with Gasteiger partial charge in [0.25, 0.3) is 15.9 Å². The van der Waals surface area contributed by atoms with E-state index < -0.39 is 10.0 Å². The summed E-state index contributed by atoms with van der Waals surface area (Å²) in [4.78, 5) is 12.6. The van der Waals surface area contributed by atoms with Gasteiger partial charge < -0.3 is 5.32 Å². The van der Waals surface area contributed by atoms with Gasteiger partial charge in [0.1, 0.15) is 0 Å². The Kier molecular flexibility index (Phi) is 6.67. The Morgan fingerprint density at radius 3 is 2.42 bits per heavy atom. The molecule has 0 heterocycles. The summed E-state index contributed by atoms with van der Waals surface area (Å²) in [6.07, 6.45) is 0.853. The molecular weight excluding hydrogens is 372 g/mol. The van der Waals surface area contributed by atoms with Crippen LogP contribution in [0.1, 0.15) is 30.6 Å². The quantitative estimate of drug-likeness (QED) is 0.773. The second kappa shape index (κ2) is 8.56. The third-order valence-corrected chi connectivity index (χ3v) is 6.10. The number of sulfonamides is 1. The van der Waals surface area contributed by atoms with Crippen molar-refractivity contribution in [2.75, 3.05) is 17.9 Å². The Bertz CT molecular complexity index is 868. The molecule has 1 amide bonds. The maximum atomic E-state index is 12.7. The summed E-state index contributed by atoms with van der Waals surface area (Å²) in [7, 11) is -2.27. The zero-order valence-electron chi connectivity index (χ0n) is 15.1. The predicted molar refractivity (Wildman–Crippen MR) is 105 cm³/mol. The lowest BCUT2D eigenvalue weighted by Crippen LogP contribution is -2.28. The van der Waals surface area contributed by atoms with Crippen molar-refractivity contribution < 1.29 is 13.2 Å². The monoisotopic (exact) mass is 394 g/mol. The van der Waals surface area contributed by atoms with Gasteiger partial charge in [-0.1, -0.05) is 43.6 Å². The van der Waals surface area contributed by atoms with Gasteiger partial charge in [-0.3, -0.25) is 9.10 Å². The summed E-state index contributed by atoms with van der Waals surface area (Å²) < 4.78 is 26.6. The number of rotatable bonds is 7. The first-order valence-electron chi connectivity index (χ1n) is 8.35. The number of amides is 1. The van der Waals surface area contributed by atoms with Crippen LogP contribution in [-0.4, -0.2) is 27.9 Å². The Labute approximate surface area is 160 Å². The van der Waals surface area contributed by atoms with Crippen molar-refractivity contribution in [2.24, 2.45) is 5.92 Å². The molecule has 0 unspecified atom stereocenters. The first-order valence-corrected chi connectivity index (χ1v) is 10.2. The number of benzene rings is 2. The van der Waals surface area contributed by atoms with Crippen LogP contribution >= 0.6 is 11.6 Å². The minimum atomic E-state index is -3.72. The zero-order valence-corrected chi connectivity index (χ0v) is 16.6. The fraction of sp³-hybridized carbons (Fsp3) is 0.316. The third kappa shape index (κ3) is 4.77. The van der Waals surface area contributed by atoms with Crippen molar-refractivity contribution in [1.82, 2.24) is 5.32 Å². The Balaban J connectivity index is 2.27.